The number of rotatable bonds is 4. The zero-order chi connectivity index (χ0) is 15.5. The second-order valence-electron chi connectivity index (χ2n) is 4.67. The highest BCUT2D eigenvalue weighted by Crippen LogP contribution is 2.24. The van der Waals surface area contributed by atoms with Crippen molar-refractivity contribution in [2.24, 2.45) is 0 Å². The number of tetrazole rings is 1. The zero-order valence-corrected chi connectivity index (χ0v) is 11.9. The molecule has 23 heavy (non-hydrogen) atoms. The van der Waals surface area contributed by atoms with Gasteiger partial charge in [0.1, 0.15) is 5.75 Å². The lowest BCUT2D eigenvalue weighted by molar-refractivity contribution is 0.463. The fourth-order valence-electron chi connectivity index (χ4n) is 2.03. The van der Waals surface area contributed by atoms with Crippen molar-refractivity contribution in [1.29, 1.82) is 0 Å². The summed E-state index contributed by atoms with van der Waals surface area (Å²) in [6.07, 6.45) is 1.68. The highest BCUT2D eigenvalue weighted by Gasteiger charge is 2.03. The minimum Gasteiger partial charge on any atom is -0.439 e. The molecule has 3 heterocycles. The van der Waals surface area contributed by atoms with Crippen molar-refractivity contribution in [2.75, 3.05) is 5.32 Å². The van der Waals surface area contributed by atoms with Crippen LogP contribution in [0.2, 0.25) is 0 Å². The molecule has 0 aliphatic heterocycles. The van der Waals surface area contributed by atoms with E-state index in [0.29, 0.717) is 23.1 Å². The van der Waals surface area contributed by atoms with Gasteiger partial charge in [-0.2, -0.15) is 0 Å². The Hall–Kier alpha value is -3.55. The molecule has 0 unspecified atom stereocenters. The van der Waals surface area contributed by atoms with Crippen molar-refractivity contribution in [3.8, 4) is 11.6 Å². The molecule has 0 bridgehead atoms. The fraction of sp³-hybridized carbons (Fsp3) is 0. The van der Waals surface area contributed by atoms with E-state index in [1.807, 2.05) is 36.4 Å². The topological polar surface area (TPSA) is 90.1 Å². The van der Waals surface area contributed by atoms with Gasteiger partial charge in [-0.25, -0.2) is 4.98 Å². The highest BCUT2D eigenvalue weighted by molar-refractivity contribution is 5.59. The van der Waals surface area contributed by atoms with Crippen molar-refractivity contribution in [3.05, 3.63) is 60.8 Å². The Morgan fingerprint density at radius 2 is 2.00 bits per heavy atom. The van der Waals surface area contributed by atoms with Crippen LogP contribution in [0.1, 0.15) is 0 Å². The van der Waals surface area contributed by atoms with Gasteiger partial charge >= 0.3 is 0 Å². The van der Waals surface area contributed by atoms with Crippen LogP contribution in [0, 0.1) is 0 Å². The predicted octanol–water partition coefficient (Wildman–Crippen LogP) is 2.45. The number of hydrogen-bond acceptors (Lipinski definition) is 7. The number of fused-ring (bicyclic) bond motifs is 1. The maximum Gasteiger partial charge on any atom is 0.219 e. The maximum absolute atomic E-state index is 5.71. The third-order valence-corrected chi connectivity index (χ3v) is 3.04. The average molecular weight is 305 g/mol. The number of aromatic nitrogens is 6. The molecule has 4 rings (SSSR count). The smallest absolute Gasteiger partial charge is 0.219 e. The Morgan fingerprint density at radius 1 is 1.00 bits per heavy atom. The molecule has 0 amide bonds. The minimum atomic E-state index is 0.540. The summed E-state index contributed by atoms with van der Waals surface area (Å²) in [5.41, 5.74) is 1.42. The molecule has 0 radical (unpaired) electrons. The first-order chi connectivity index (χ1) is 11.4. The van der Waals surface area contributed by atoms with Gasteiger partial charge in [-0.15, -0.1) is 14.8 Å². The second kappa shape index (κ2) is 5.68. The van der Waals surface area contributed by atoms with Crippen molar-refractivity contribution < 1.29 is 4.74 Å². The Kier molecular flexibility index (Phi) is 3.24. The number of pyridine rings is 1. The van der Waals surface area contributed by atoms with E-state index < -0.39 is 0 Å². The molecule has 1 aromatic carbocycles. The molecular weight excluding hydrogens is 294 g/mol. The van der Waals surface area contributed by atoms with Crippen molar-refractivity contribution in [2.45, 2.75) is 0 Å². The zero-order valence-electron chi connectivity index (χ0n) is 11.9. The van der Waals surface area contributed by atoms with Gasteiger partial charge in [0.15, 0.2) is 11.5 Å². The molecule has 3 aromatic heterocycles. The van der Waals surface area contributed by atoms with Gasteiger partial charge in [0.2, 0.25) is 5.88 Å². The van der Waals surface area contributed by atoms with Crippen LogP contribution < -0.4 is 10.1 Å². The van der Waals surface area contributed by atoms with Crippen LogP contribution in [0.25, 0.3) is 5.65 Å². The molecule has 8 heteroatoms. The van der Waals surface area contributed by atoms with Crippen molar-refractivity contribution in [3.63, 3.8) is 0 Å². The van der Waals surface area contributed by atoms with Gasteiger partial charge in [0, 0.05) is 24.0 Å². The van der Waals surface area contributed by atoms with Gasteiger partial charge in [-0.05, 0) is 40.8 Å². The summed E-state index contributed by atoms with van der Waals surface area (Å²) in [6, 6.07) is 16.6. The molecular formula is C15H11N7O. The normalized spacial score (nSPS) is 10.6. The summed E-state index contributed by atoms with van der Waals surface area (Å²) in [6.45, 7) is 0. The fourth-order valence-corrected chi connectivity index (χ4v) is 2.03. The molecule has 4 aromatic rings. The molecule has 0 aliphatic carbocycles. The van der Waals surface area contributed by atoms with E-state index in [1.54, 1.807) is 24.4 Å². The Bertz CT molecular complexity index is 939. The summed E-state index contributed by atoms with van der Waals surface area (Å²) in [4.78, 5) is 4.14. The summed E-state index contributed by atoms with van der Waals surface area (Å²) in [5, 5.41) is 18.6. The summed E-state index contributed by atoms with van der Waals surface area (Å²) >= 11 is 0. The summed E-state index contributed by atoms with van der Waals surface area (Å²) in [5.74, 6) is 1.84. The first-order valence-corrected chi connectivity index (χ1v) is 6.88. The van der Waals surface area contributed by atoms with Crippen LogP contribution in [-0.2, 0) is 0 Å². The molecule has 0 spiro atoms. The molecule has 0 atom stereocenters. The van der Waals surface area contributed by atoms with Crippen LogP contribution >= 0.6 is 0 Å². The van der Waals surface area contributed by atoms with E-state index in [-0.39, 0.29) is 0 Å². The Labute approximate surface area is 130 Å². The van der Waals surface area contributed by atoms with Gasteiger partial charge in [0.25, 0.3) is 0 Å². The van der Waals surface area contributed by atoms with E-state index in [9.17, 15) is 0 Å². The van der Waals surface area contributed by atoms with E-state index in [1.165, 1.54) is 4.63 Å². The number of nitrogens with one attached hydrogen (secondary N) is 1. The quantitative estimate of drug-likeness (QED) is 0.619. The van der Waals surface area contributed by atoms with Gasteiger partial charge in [-0.3, -0.25) is 0 Å². The lowest BCUT2D eigenvalue weighted by atomic mass is 10.3. The number of ether oxygens (including phenoxy) is 1. The maximum atomic E-state index is 5.71. The lowest BCUT2D eigenvalue weighted by Crippen LogP contribution is -2.00. The van der Waals surface area contributed by atoms with Crippen LogP contribution in [0.4, 0.5) is 11.5 Å². The Morgan fingerprint density at radius 3 is 2.91 bits per heavy atom. The largest absolute Gasteiger partial charge is 0.439 e. The average Bonchev–Trinajstić information content (AvgIpc) is 3.04. The predicted molar refractivity (Wildman–Crippen MR) is 82.6 cm³/mol. The molecule has 0 fully saturated rings. The highest BCUT2D eigenvalue weighted by atomic mass is 16.5. The molecule has 112 valence electrons. The molecule has 0 saturated heterocycles. The molecule has 0 saturated carbocycles. The van der Waals surface area contributed by atoms with Gasteiger partial charge in [-0.1, -0.05) is 12.1 Å². The SMILES string of the molecule is c1ccc(Oc2cccc(Nc3ccc4nnnn4n3)c2)nc1. The first kappa shape index (κ1) is 13.1. The number of benzene rings is 1. The van der Waals surface area contributed by atoms with Crippen LogP contribution in [-0.4, -0.2) is 30.2 Å². The molecule has 8 nitrogen and oxygen atoms in total. The molecule has 1 N–H and O–H groups in total. The van der Waals surface area contributed by atoms with Gasteiger partial charge < -0.3 is 10.1 Å². The summed E-state index contributed by atoms with van der Waals surface area (Å²) in [7, 11) is 0. The van der Waals surface area contributed by atoms with E-state index in [2.05, 4.69) is 30.9 Å². The first-order valence-electron chi connectivity index (χ1n) is 6.88. The third-order valence-electron chi connectivity index (χ3n) is 3.04. The van der Waals surface area contributed by atoms with E-state index >= 15 is 0 Å². The van der Waals surface area contributed by atoms with Crippen molar-refractivity contribution >= 4 is 17.2 Å². The number of anilines is 2. The standard InChI is InChI=1S/C15H11N7O/c1-2-9-16-15(6-1)23-12-5-3-4-11(10-12)17-13-7-8-14-18-20-21-22(14)19-13/h1-10H,(H,17,19). The van der Waals surface area contributed by atoms with E-state index in [4.69, 9.17) is 4.74 Å². The van der Waals surface area contributed by atoms with Crippen molar-refractivity contribution in [1.82, 2.24) is 30.2 Å². The van der Waals surface area contributed by atoms with Gasteiger partial charge in [0.05, 0.1) is 0 Å². The van der Waals surface area contributed by atoms with Crippen LogP contribution in [0.5, 0.6) is 11.6 Å². The van der Waals surface area contributed by atoms with Crippen LogP contribution in [0.3, 0.4) is 0 Å². The van der Waals surface area contributed by atoms with Crippen LogP contribution in [0.15, 0.2) is 60.8 Å². The lowest BCUT2D eigenvalue weighted by Gasteiger charge is -2.08. The number of nitrogens with zero attached hydrogens (tertiary/aromatic N) is 6. The monoisotopic (exact) mass is 305 g/mol. The minimum absolute atomic E-state index is 0.540. The number of hydrogen-bond donors (Lipinski definition) is 1. The second-order valence-corrected chi connectivity index (χ2v) is 4.67. The molecule has 0 aliphatic rings. The third kappa shape index (κ3) is 2.91. The summed E-state index contributed by atoms with van der Waals surface area (Å²) < 4.78 is 7.06. The van der Waals surface area contributed by atoms with E-state index in [0.717, 1.165) is 5.69 Å². The Balaban J connectivity index is 1.56.